The molecule has 15 heavy (non-hydrogen) atoms. The number of benzene rings is 1. The Morgan fingerprint density at radius 2 is 2.20 bits per heavy atom. The van der Waals surface area contributed by atoms with Crippen LogP contribution < -0.4 is 0 Å². The van der Waals surface area contributed by atoms with E-state index in [2.05, 4.69) is 15.9 Å². The second-order valence-electron chi connectivity index (χ2n) is 2.90. The summed E-state index contributed by atoms with van der Waals surface area (Å²) < 4.78 is 0.801. The number of hydrogen-bond donors (Lipinski definition) is 0. The predicted molar refractivity (Wildman–Crippen MR) is 68.5 cm³/mol. The maximum atomic E-state index is 11.7. The molecule has 0 aliphatic carbocycles. The van der Waals surface area contributed by atoms with Crippen LogP contribution in [0.25, 0.3) is 0 Å². The fraction of sp³-hybridized carbons (Fsp3) is 0.222. The maximum absolute atomic E-state index is 11.7. The number of alkyl halides is 1. The zero-order valence-corrected chi connectivity index (χ0v) is 11.5. The van der Waals surface area contributed by atoms with Gasteiger partial charge >= 0.3 is 0 Å². The molecule has 80 valence electrons. The largest absolute Gasteiger partial charge is 0.293 e. The van der Waals surface area contributed by atoms with Gasteiger partial charge in [0.05, 0.1) is 15.3 Å². The molecule has 6 heteroatoms. The molecule has 0 radical (unpaired) electrons. The first-order chi connectivity index (χ1) is 6.93. The van der Waals surface area contributed by atoms with E-state index in [0.29, 0.717) is 0 Å². The number of rotatable bonds is 3. The van der Waals surface area contributed by atoms with Gasteiger partial charge in [0.1, 0.15) is 0 Å². The van der Waals surface area contributed by atoms with Crippen molar-refractivity contribution in [2.45, 2.75) is 11.8 Å². The predicted octanol–water partition coefficient (Wildman–Crippen LogP) is 3.17. The quantitative estimate of drug-likeness (QED) is 0.265. The molecule has 0 aliphatic heterocycles. The Kier molecular flexibility index (Phi) is 4.21. The molecule has 1 unspecified atom stereocenters. The van der Waals surface area contributed by atoms with Gasteiger partial charge in [-0.3, -0.25) is 14.9 Å². The minimum Gasteiger partial charge on any atom is -0.293 e. The molecule has 1 aromatic carbocycles. The van der Waals surface area contributed by atoms with Gasteiger partial charge < -0.3 is 0 Å². The van der Waals surface area contributed by atoms with Gasteiger partial charge in [-0.05, 0) is 41.6 Å². The Balaban J connectivity index is 3.30. The standard InChI is InChI=1S/C9H7BrINO3/c1-5(10)9(13)7-4-6(11)2-3-8(7)12(14)15/h2-5H,1H3. The number of ketones is 1. The molecule has 0 aromatic heterocycles. The van der Waals surface area contributed by atoms with Gasteiger partial charge in [-0.1, -0.05) is 15.9 Å². The highest BCUT2D eigenvalue weighted by Gasteiger charge is 2.22. The van der Waals surface area contributed by atoms with E-state index in [1.165, 1.54) is 12.1 Å². The smallest absolute Gasteiger partial charge is 0.280 e. The molecule has 0 saturated carbocycles. The number of carbonyl (C=O) groups is 1. The van der Waals surface area contributed by atoms with Crippen molar-refractivity contribution in [3.63, 3.8) is 0 Å². The Hall–Kier alpha value is -0.500. The number of hydrogen-bond acceptors (Lipinski definition) is 3. The molecule has 0 heterocycles. The Morgan fingerprint density at radius 3 is 2.67 bits per heavy atom. The highest BCUT2D eigenvalue weighted by Crippen LogP contribution is 2.23. The van der Waals surface area contributed by atoms with Crippen molar-refractivity contribution < 1.29 is 9.72 Å². The zero-order valence-electron chi connectivity index (χ0n) is 7.74. The third-order valence-electron chi connectivity index (χ3n) is 1.78. The highest BCUT2D eigenvalue weighted by molar-refractivity contribution is 14.1. The summed E-state index contributed by atoms with van der Waals surface area (Å²) in [6.07, 6.45) is 0. The monoisotopic (exact) mass is 383 g/mol. The van der Waals surface area contributed by atoms with Crippen LogP contribution in [0.3, 0.4) is 0 Å². The summed E-state index contributed by atoms with van der Waals surface area (Å²) in [6, 6.07) is 4.48. The van der Waals surface area contributed by atoms with Crippen molar-refractivity contribution in [1.82, 2.24) is 0 Å². The van der Waals surface area contributed by atoms with Crippen LogP contribution in [-0.2, 0) is 0 Å². The van der Waals surface area contributed by atoms with Crippen LogP contribution in [0.1, 0.15) is 17.3 Å². The van der Waals surface area contributed by atoms with Gasteiger partial charge in [0, 0.05) is 9.64 Å². The molecule has 0 bridgehead atoms. The summed E-state index contributed by atoms with van der Waals surface area (Å²) >= 11 is 5.12. The molecule has 0 saturated heterocycles. The normalized spacial score (nSPS) is 12.2. The van der Waals surface area contributed by atoms with Crippen LogP contribution in [0.2, 0.25) is 0 Å². The topological polar surface area (TPSA) is 60.2 Å². The van der Waals surface area contributed by atoms with Gasteiger partial charge in [-0.25, -0.2) is 0 Å². The Bertz CT molecular complexity index is 420. The molecule has 4 nitrogen and oxygen atoms in total. The molecular formula is C9H7BrINO3. The SMILES string of the molecule is CC(Br)C(=O)c1cc(I)ccc1[N+](=O)[O-]. The molecular weight excluding hydrogens is 377 g/mol. The lowest BCUT2D eigenvalue weighted by Gasteiger charge is -2.04. The molecule has 1 rings (SSSR count). The molecule has 0 aliphatic rings. The van der Waals surface area contributed by atoms with Crippen molar-refractivity contribution in [3.8, 4) is 0 Å². The first-order valence-corrected chi connectivity index (χ1v) is 6.05. The van der Waals surface area contributed by atoms with E-state index < -0.39 is 9.75 Å². The molecule has 0 amide bonds. The van der Waals surface area contributed by atoms with Gasteiger partial charge in [0.15, 0.2) is 5.78 Å². The summed E-state index contributed by atoms with van der Waals surface area (Å²) in [7, 11) is 0. The van der Waals surface area contributed by atoms with Crippen molar-refractivity contribution in [2.75, 3.05) is 0 Å². The average molecular weight is 384 g/mol. The zero-order chi connectivity index (χ0) is 11.6. The summed E-state index contributed by atoms with van der Waals surface area (Å²) in [4.78, 5) is 21.4. The van der Waals surface area contributed by atoms with E-state index >= 15 is 0 Å². The Labute approximate surface area is 108 Å². The summed E-state index contributed by atoms with van der Waals surface area (Å²) in [5.41, 5.74) is 0.00277. The summed E-state index contributed by atoms with van der Waals surface area (Å²) in [6.45, 7) is 1.64. The van der Waals surface area contributed by atoms with E-state index in [1.54, 1.807) is 13.0 Å². The van der Waals surface area contributed by atoms with Gasteiger partial charge in [0.25, 0.3) is 5.69 Å². The van der Waals surface area contributed by atoms with E-state index in [-0.39, 0.29) is 17.0 Å². The second-order valence-corrected chi connectivity index (χ2v) is 5.52. The van der Waals surface area contributed by atoms with Crippen molar-refractivity contribution in [2.24, 2.45) is 0 Å². The third-order valence-corrected chi connectivity index (χ3v) is 2.87. The van der Waals surface area contributed by atoms with E-state index in [0.717, 1.165) is 3.57 Å². The van der Waals surface area contributed by atoms with E-state index in [4.69, 9.17) is 0 Å². The molecule has 0 spiro atoms. The molecule has 0 fully saturated rings. The van der Waals surface area contributed by atoms with E-state index in [1.807, 2.05) is 22.6 Å². The average Bonchev–Trinajstić information content (AvgIpc) is 2.15. The summed E-state index contributed by atoms with van der Waals surface area (Å²) in [5.74, 6) is -0.278. The summed E-state index contributed by atoms with van der Waals surface area (Å²) in [5, 5.41) is 10.7. The minimum atomic E-state index is -0.543. The number of nitro benzene ring substituents is 1. The van der Waals surface area contributed by atoms with Crippen LogP contribution in [0.5, 0.6) is 0 Å². The lowest BCUT2D eigenvalue weighted by molar-refractivity contribution is -0.385. The van der Waals surface area contributed by atoms with Crippen LogP contribution in [0.15, 0.2) is 18.2 Å². The third kappa shape index (κ3) is 2.97. The molecule has 1 aromatic rings. The van der Waals surface area contributed by atoms with Crippen molar-refractivity contribution in [1.29, 1.82) is 0 Å². The van der Waals surface area contributed by atoms with Gasteiger partial charge in [-0.2, -0.15) is 0 Å². The fourth-order valence-electron chi connectivity index (χ4n) is 1.08. The van der Waals surface area contributed by atoms with Crippen molar-refractivity contribution >= 4 is 50.0 Å². The van der Waals surface area contributed by atoms with Crippen LogP contribution in [-0.4, -0.2) is 15.5 Å². The lowest BCUT2D eigenvalue weighted by atomic mass is 10.1. The van der Waals surface area contributed by atoms with Gasteiger partial charge in [0.2, 0.25) is 0 Å². The second kappa shape index (κ2) is 5.02. The number of nitro groups is 1. The number of Topliss-reactive ketones (excluding diaryl/α,β-unsaturated/α-hetero) is 1. The molecule has 1 atom stereocenters. The minimum absolute atomic E-state index is 0.147. The number of carbonyl (C=O) groups excluding carboxylic acids is 1. The first-order valence-electron chi connectivity index (χ1n) is 4.05. The number of nitrogens with zero attached hydrogens (tertiary/aromatic N) is 1. The van der Waals surface area contributed by atoms with Gasteiger partial charge in [-0.15, -0.1) is 0 Å². The van der Waals surface area contributed by atoms with Crippen LogP contribution >= 0.6 is 38.5 Å². The molecule has 0 N–H and O–H groups in total. The lowest BCUT2D eigenvalue weighted by Crippen LogP contribution is -2.12. The maximum Gasteiger partial charge on any atom is 0.280 e. The highest BCUT2D eigenvalue weighted by atomic mass is 127. The van der Waals surface area contributed by atoms with Crippen molar-refractivity contribution in [3.05, 3.63) is 37.4 Å². The fourth-order valence-corrected chi connectivity index (χ4v) is 1.82. The number of halogens is 2. The Morgan fingerprint density at radius 1 is 1.60 bits per heavy atom. The first kappa shape index (κ1) is 12.6. The van der Waals surface area contributed by atoms with Crippen LogP contribution in [0.4, 0.5) is 5.69 Å². The van der Waals surface area contributed by atoms with E-state index in [9.17, 15) is 14.9 Å². The van der Waals surface area contributed by atoms with Crippen LogP contribution in [0, 0.1) is 13.7 Å².